The lowest BCUT2D eigenvalue weighted by atomic mass is 10.1. The molecule has 0 unspecified atom stereocenters. The van der Waals surface area contributed by atoms with Crippen LogP contribution in [0.2, 0.25) is 0 Å². The minimum Gasteiger partial charge on any atom is -0.508 e. The summed E-state index contributed by atoms with van der Waals surface area (Å²) in [6.45, 7) is 3.75. The van der Waals surface area contributed by atoms with E-state index in [0.29, 0.717) is 5.11 Å². The molecule has 0 radical (unpaired) electrons. The van der Waals surface area contributed by atoms with Gasteiger partial charge in [-0.15, -0.1) is 0 Å². The zero-order chi connectivity index (χ0) is 13.0. The number of phenols is 1. The van der Waals surface area contributed by atoms with Gasteiger partial charge >= 0.3 is 0 Å². The molecule has 0 fully saturated rings. The van der Waals surface area contributed by atoms with Crippen molar-refractivity contribution in [2.75, 3.05) is 12.4 Å². The van der Waals surface area contributed by atoms with Crippen LogP contribution in [0.4, 0.5) is 5.69 Å². The van der Waals surface area contributed by atoms with Crippen LogP contribution < -0.4 is 16.4 Å². The molecule has 0 aliphatic carbocycles. The molecular formula is C11H16N4OS. The molecular weight excluding hydrogens is 236 g/mol. The number of nitrogens with one attached hydrogen (secondary N) is 2. The van der Waals surface area contributed by atoms with Crippen LogP contribution in [0.1, 0.15) is 11.1 Å². The molecule has 0 aromatic heterocycles. The van der Waals surface area contributed by atoms with Gasteiger partial charge in [-0.2, -0.15) is 4.99 Å². The normalized spacial score (nSPS) is 11.1. The molecule has 1 aromatic carbocycles. The summed E-state index contributed by atoms with van der Waals surface area (Å²) in [5.74, 6) is 0.438. The van der Waals surface area contributed by atoms with E-state index in [2.05, 4.69) is 15.6 Å². The molecule has 0 aliphatic heterocycles. The molecule has 0 atom stereocenters. The fourth-order valence-corrected chi connectivity index (χ4v) is 1.56. The number of nitrogens with zero attached hydrogens (tertiary/aromatic N) is 1. The monoisotopic (exact) mass is 252 g/mol. The van der Waals surface area contributed by atoms with Gasteiger partial charge in [-0.05, 0) is 49.3 Å². The van der Waals surface area contributed by atoms with Crippen LogP contribution in [0.15, 0.2) is 17.1 Å². The first-order valence-electron chi connectivity index (χ1n) is 5.07. The molecule has 0 heterocycles. The maximum absolute atomic E-state index is 9.42. The number of aliphatic imine (C=N–C) groups is 1. The van der Waals surface area contributed by atoms with Crippen LogP contribution >= 0.6 is 12.2 Å². The maximum atomic E-state index is 9.42. The molecule has 1 aromatic rings. The second-order valence-corrected chi connectivity index (χ2v) is 4.02. The van der Waals surface area contributed by atoms with E-state index in [0.717, 1.165) is 16.8 Å². The number of aromatic hydroxyl groups is 1. The van der Waals surface area contributed by atoms with Crippen LogP contribution in [0.25, 0.3) is 0 Å². The second-order valence-electron chi connectivity index (χ2n) is 3.63. The Morgan fingerprint density at radius 3 is 2.35 bits per heavy atom. The Morgan fingerprint density at radius 1 is 1.35 bits per heavy atom. The molecule has 5 nitrogen and oxygen atoms in total. The number of thiocarbonyl (C=S) groups is 1. The van der Waals surface area contributed by atoms with Gasteiger partial charge in [0.1, 0.15) is 5.75 Å². The van der Waals surface area contributed by atoms with Crippen molar-refractivity contribution < 1.29 is 5.11 Å². The van der Waals surface area contributed by atoms with Crippen molar-refractivity contribution in [3.63, 3.8) is 0 Å². The predicted octanol–water partition coefficient (Wildman–Crippen LogP) is 1.24. The van der Waals surface area contributed by atoms with Crippen molar-refractivity contribution in [3.8, 4) is 5.75 Å². The molecule has 0 bridgehead atoms. The first-order chi connectivity index (χ1) is 7.93. The standard InChI is InChI=1S/C11H16N4OS/c1-6-4-8(16)5-7(2)9(6)14-10(12)15-11(17)13-3/h4-5,16H,1-3H3,(H4,12,13,14,15,17). The average Bonchev–Trinajstić information content (AvgIpc) is 2.23. The van der Waals surface area contributed by atoms with E-state index in [9.17, 15) is 5.11 Å². The highest BCUT2D eigenvalue weighted by Crippen LogP contribution is 2.25. The zero-order valence-electron chi connectivity index (χ0n) is 10.0. The van der Waals surface area contributed by atoms with Gasteiger partial charge in [0.2, 0.25) is 5.96 Å². The van der Waals surface area contributed by atoms with Crippen molar-refractivity contribution in [1.29, 1.82) is 0 Å². The molecule has 0 saturated heterocycles. The first-order valence-corrected chi connectivity index (χ1v) is 5.48. The average molecular weight is 252 g/mol. The number of aryl methyl sites for hydroxylation is 2. The van der Waals surface area contributed by atoms with E-state index in [1.54, 1.807) is 19.2 Å². The predicted molar refractivity (Wildman–Crippen MR) is 74.5 cm³/mol. The van der Waals surface area contributed by atoms with Gasteiger partial charge in [-0.25, -0.2) is 0 Å². The van der Waals surface area contributed by atoms with Gasteiger partial charge in [0.15, 0.2) is 5.11 Å². The maximum Gasteiger partial charge on any atom is 0.200 e. The molecule has 92 valence electrons. The van der Waals surface area contributed by atoms with Gasteiger partial charge in [-0.1, -0.05) is 0 Å². The summed E-state index contributed by atoms with van der Waals surface area (Å²) in [5, 5.41) is 15.4. The van der Waals surface area contributed by atoms with Gasteiger partial charge < -0.3 is 21.5 Å². The number of guanidine groups is 1. The van der Waals surface area contributed by atoms with E-state index in [-0.39, 0.29) is 11.7 Å². The number of hydrogen-bond acceptors (Lipinski definition) is 2. The SMILES string of the molecule is CNC(=S)/N=C(\N)Nc1c(C)cc(O)cc1C. The van der Waals surface area contributed by atoms with Crippen molar-refractivity contribution >= 4 is 29.0 Å². The summed E-state index contributed by atoms with van der Waals surface area (Å²) in [7, 11) is 1.68. The lowest BCUT2D eigenvalue weighted by molar-refractivity contribution is 0.474. The van der Waals surface area contributed by atoms with Gasteiger partial charge in [0.05, 0.1) is 0 Å². The molecule has 17 heavy (non-hydrogen) atoms. The largest absolute Gasteiger partial charge is 0.508 e. The molecule has 0 spiro atoms. The Kier molecular flexibility index (Phi) is 4.28. The quantitative estimate of drug-likeness (QED) is 0.262. The number of benzene rings is 1. The summed E-state index contributed by atoms with van der Waals surface area (Å²) in [6.07, 6.45) is 0. The molecule has 0 amide bonds. The molecule has 0 saturated carbocycles. The topological polar surface area (TPSA) is 82.7 Å². The Balaban J connectivity index is 2.96. The van der Waals surface area contributed by atoms with E-state index in [4.69, 9.17) is 18.0 Å². The fraction of sp³-hybridized carbons (Fsp3) is 0.273. The Hall–Kier alpha value is -1.82. The number of nitrogens with two attached hydrogens (primary N) is 1. The number of anilines is 1. The third kappa shape index (κ3) is 3.60. The lowest BCUT2D eigenvalue weighted by Gasteiger charge is -2.12. The summed E-state index contributed by atoms with van der Waals surface area (Å²) in [5.41, 5.74) is 8.30. The van der Waals surface area contributed by atoms with Crippen LogP contribution in [0, 0.1) is 13.8 Å². The van der Waals surface area contributed by atoms with E-state index >= 15 is 0 Å². The highest BCUT2D eigenvalue weighted by Gasteiger charge is 2.06. The van der Waals surface area contributed by atoms with Gasteiger partial charge in [0, 0.05) is 12.7 Å². The van der Waals surface area contributed by atoms with Gasteiger partial charge in [-0.3, -0.25) is 0 Å². The third-order valence-corrected chi connectivity index (χ3v) is 2.50. The summed E-state index contributed by atoms with van der Waals surface area (Å²) >= 11 is 4.88. The van der Waals surface area contributed by atoms with E-state index in [1.165, 1.54) is 0 Å². The Morgan fingerprint density at radius 2 is 1.88 bits per heavy atom. The lowest BCUT2D eigenvalue weighted by Crippen LogP contribution is -2.27. The number of phenolic OH excluding ortho intramolecular Hbond substituents is 1. The Labute approximate surface area is 106 Å². The van der Waals surface area contributed by atoms with E-state index < -0.39 is 0 Å². The summed E-state index contributed by atoms with van der Waals surface area (Å²) < 4.78 is 0. The van der Waals surface area contributed by atoms with E-state index in [1.807, 2.05) is 13.8 Å². The molecule has 1 rings (SSSR count). The van der Waals surface area contributed by atoms with Crippen molar-refractivity contribution in [3.05, 3.63) is 23.3 Å². The molecule has 5 N–H and O–H groups in total. The number of hydrogen-bond donors (Lipinski definition) is 4. The summed E-state index contributed by atoms with van der Waals surface area (Å²) in [6, 6.07) is 3.30. The molecule has 0 aliphatic rings. The van der Waals surface area contributed by atoms with Crippen molar-refractivity contribution in [2.45, 2.75) is 13.8 Å². The van der Waals surface area contributed by atoms with Crippen LogP contribution in [0.3, 0.4) is 0 Å². The first kappa shape index (κ1) is 13.2. The second kappa shape index (κ2) is 5.49. The smallest absolute Gasteiger partial charge is 0.200 e. The van der Waals surface area contributed by atoms with Crippen LogP contribution in [0.5, 0.6) is 5.75 Å². The minimum absolute atomic E-state index is 0.209. The fourth-order valence-electron chi connectivity index (χ4n) is 1.46. The van der Waals surface area contributed by atoms with Gasteiger partial charge in [0.25, 0.3) is 0 Å². The third-order valence-electron chi connectivity index (χ3n) is 2.21. The highest BCUT2D eigenvalue weighted by molar-refractivity contribution is 7.80. The Bertz CT molecular complexity index is 448. The minimum atomic E-state index is 0.209. The molecule has 6 heteroatoms. The zero-order valence-corrected chi connectivity index (χ0v) is 10.9. The van der Waals surface area contributed by atoms with Crippen LogP contribution in [-0.2, 0) is 0 Å². The van der Waals surface area contributed by atoms with Crippen LogP contribution in [-0.4, -0.2) is 23.2 Å². The number of rotatable bonds is 1. The summed E-state index contributed by atoms with van der Waals surface area (Å²) in [4.78, 5) is 3.94. The van der Waals surface area contributed by atoms with Crippen molar-refractivity contribution in [1.82, 2.24) is 5.32 Å². The van der Waals surface area contributed by atoms with Crippen molar-refractivity contribution in [2.24, 2.45) is 10.7 Å². The highest BCUT2D eigenvalue weighted by atomic mass is 32.1.